The number of aromatic nitrogens is 2. The van der Waals surface area contributed by atoms with E-state index in [1.54, 1.807) is 6.92 Å². The van der Waals surface area contributed by atoms with Gasteiger partial charge >= 0.3 is 6.18 Å². The van der Waals surface area contributed by atoms with Gasteiger partial charge in [-0.3, -0.25) is 4.79 Å². The molecule has 0 saturated carbocycles. The van der Waals surface area contributed by atoms with Crippen LogP contribution in [0, 0.1) is 18.6 Å². The average molecular weight is 533 g/mol. The number of aryl methyl sites for hydroxylation is 1. The highest BCUT2D eigenvalue weighted by molar-refractivity contribution is 7.91. The first-order chi connectivity index (χ1) is 15.7. The largest absolute Gasteiger partial charge is 0.435 e. The Bertz CT molecular complexity index is 1370. The minimum absolute atomic E-state index is 0.0375. The van der Waals surface area contributed by atoms with Crippen LogP contribution in [0.5, 0.6) is 11.6 Å². The van der Waals surface area contributed by atoms with Crippen LogP contribution in [0.1, 0.15) is 27.2 Å². The van der Waals surface area contributed by atoms with Crippen LogP contribution in [-0.2, 0) is 15.9 Å². The van der Waals surface area contributed by atoms with Crippen LogP contribution in [0.4, 0.5) is 18.9 Å². The molecule has 0 spiro atoms. The number of nitrogens with one attached hydrogen (secondary N) is 2. The molecule has 0 aliphatic heterocycles. The Kier molecular flexibility index (Phi) is 7.11. The molecule has 1 amide bonds. The summed E-state index contributed by atoms with van der Waals surface area (Å²) in [7, 11) is -3.09. The summed E-state index contributed by atoms with van der Waals surface area (Å²) < 4.78 is 65.8. The molecule has 1 unspecified atom stereocenters. The van der Waals surface area contributed by atoms with Crippen molar-refractivity contribution >= 4 is 44.5 Å². The first kappa shape index (κ1) is 25.7. The van der Waals surface area contributed by atoms with Gasteiger partial charge in [0.1, 0.15) is 5.56 Å². The van der Waals surface area contributed by atoms with Crippen LogP contribution < -0.4 is 10.1 Å². The second kappa shape index (κ2) is 9.40. The Morgan fingerprint density at radius 2 is 1.82 bits per heavy atom. The summed E-state index contributed by atoms with van der Waals surface area (Å²) >= 11 is 12.1. The van der Waals surface area contributed by atoms with Crippen LogP contribution in [-0.4, -0.2) is 26.6 Å². The van der Waals surface area contributed by atoms with Crippen molar-refractivity contribution in [1.82, 2.24) is 10.2 Å². The molecule has 1 heterocycles. The number of benzene rings is 2. The van der Waals surface area contributed by atoms with Gasteiger partial charge in [0.15, 0.2) is 11.4 Å². The Labute approximate surface area is 203 Å². The van der Waals surface area contributed by atoms with Gasteiger partial charge in [0.25, 0.3) is 11.8 Å². The topological polar surface area (TPSA) is 105 Å². The molecule has 0 saturated heterocycles. The highest BCUT2D eigenvalue weighted by Gasteiger charge is 2.38. The molecule has 0 radical (unpaired) electrons. The maximum absolute atomic E-state index is 13.5. The van der Waals surface area contributed by atoms with E-state index in [0.717, 1.165) is 6.92 Å². The van der Waals surface area contributed by atoms with Crippen molar-refractivity contribution in [2.24, 2.45) is 0 Å². The number of nitrogens with zero attached hydrogens (tertiary/aromatic N) is 2. The molecule has 13 heteroatoms. The van der Waals surface area contributed by atoms with Gasteiger partial charge < -0.3 is 10.1 Å². The molecule has 7 nitrogen and oxygen atoms in total. The molecule has 0 aliphatic rings. The van der Waals surface area contributed by atoms with Crippen molar-refractivity contribution in [2.45, 2.75) is 24.9 Å². The van der Waals surface area contributed by atoms with Crippen LogP contribution in [0.15, 0.2) is 41.3 Å². The molecule has 1 aromatic heterocycles. The summed E-state index contributed by atoms with van der Waals surface area (Å²) in [6.45, 7) is 2.67. The average Bonchev–Trinajstić information content (AvgIpc) is 2.69. The Morgan fingerprint density at radius 3 is 2.41 bits per heavy atom. The third kappa shape index (κ3) is 5.60. The normalized spacial score (nSPS) is 13.3. The van der Waals surface area contributed by atoms with Crippen molar-refractivity contribution in [3.05, 3.63) is 68.8 Å². The van der Waals surface area contributed by atoms with Gasteiger partial charge in [-0.15, -0.1) is 10.2 Å². The van der Waals surface area contributed by atoms with E-state index < -0.39 is 44.5 Å². The molecule has 3 rings (SSSR count). The van der Waals surface area contributed by atoms with E-state index in [0.29, 0.717) is 10.6 Å². The van der Waals surface area contributed by atoms with E-state index in [1.807, 2.05) is 0 Å². The number of alkyl halides is 3. The van der Waals surface area contributed by atoms with E-state index in [2.05, 4.69) is 15.5 Å². The van der Waals surface area contributed by atoms with E-state index >= 15 is 0 Å². The first-order valence-electron chi connectivity index (χ1n) is 9.41. The standard InChI is InChI=1S/C21H17Cl2F3N4O3S/c1-10-7-12(22)8-15(23)17(10)33-20-16(11(2)18(29-30-20)21(24,25)26)19(31)28-13-5-4-6-14(9-13)34(3,27)32/h4-9,27H,1-3H3,(H,28,31). The third-order valence-electron chi connectivity index (χ3n) is 4.61. The summed E-state index contributed by atoms with van der Waals surface area (Å²) in [5.74, 6) is -1.46. The lowest BCUT2D eigenvalue weighted by Crippen LogP contribution is -2.21. The highest BCUT2D eigenvalue weighted by atomic mass is 35.5. The monoisotopic (exact) mass is 532 g/mol. The zero-order valence-corrected chi connectivity index (χ0v) is 20.2. The first-order valence-corrected chi connectivity index (χ1v) is 12.1. The number of amides is 1. The molecule has 34 heavy (non-hydrogen) atoms. The minimum atomic E-state index is -4.88. The predicted octanol–water partition coefficient (Wildman–Crippen LogP) is 6.50. The number of ether oxygens (including phenoxy) is 1. The maximum atomic E-state index is 13.5. The summed E-state index contributed by atoms with van der Waals surface area (Å²) in [4.78, 5) is 13.2. The van der Waals surface area contributed by atoms with Crippen LogP contribution in [0.25, 0.3) is 0 Å². The molecule has 0 fully saturated rings. The fourth-order valence-electron chi connectivity index (χ4n) is 3.03. The molecule has 2 N–H and O–H groups in total. The third-order valence-corrected chi connectivity index (χ3v) is 6.27. The van der Waals surface area contributed by atoms with Crippen LogP contribution in [0.3, 0.4) is 0 Å². The number of anilines is 1. The maximum Gasteiger partial charge on any atom is 0.435 e. The van der Waals surface area contributed by atoms with E-state index in [9.17, 15) is 22.2 Å². The van der Waals surface area contributed by atoms with E-state index in [-0.39, 0.29) is 21.4 Å². The quantitative estimate of drug-likeness (QED) is 0.390. The number of halogens is 5. The lowest BCUT2D eigenvalue weighted by molar-refractivity contribution is -0.142. The SMILES string of the molecule is Cc1cc(Cl)cc(Cl)c1Oc1nnc(C(F)(F)F)c(C)c1C(=O)Nc1cccc(S(C)(=N)=O)c1. The number of hydrogen-bond donors (Lipinski definition) is 2. The van der Waals surface area contributed by atoms with Gasteiger partial charge in [0, 0.05) is 21.9 Å². The Balaban J connectivity index is 2.11. The number of rotatable bonds is 5. The zero-order chi connectivity index (χ0) is 25.4. The molecule has 180 valence electrons. The van der Waals surface area contributed by atoms with Gasteiger partial charge in [0.2, 0.25) is 0 Å². The smallest absolute Gasteiger partial charge is 0.435 e. The Hall–Kier alpha value is -2.89. The molecular weight excluding hydrogens is 516 g/mol. The minimum Gasteiger partial charge on any atom is -0.435 e. The van der Waals surface area contributed by atoms with Crippen molar-refractivity contribution in [2.75, 3.05) is 11.6 Å². The van der Waals surface area contributed by atoms with Crippen LogP contribution in [0.2, 0.25) is 10.0 Å². The number of carbonyl (C=O) groups excluding carboxylic acids is 1. The lowest BCUT2D eigenvalue weighted by Gasteiger charge is -2.17. The summed E-state index contributed by atoms with van der Waals surface area (Å²) in [5.41, 5.74) is -1.85. The van der Waals surface area contributed by atoms with E-state index in [1.165, 1.54) is 42.7 Å². The Morgan fingerprint density at radius 1 is 1.15 bits per heavy atom. The number of carbonyl (C=O) groups is 1. The van der Waals surface area contributed by atoms with Crippen LogP contribution >= 0.6 is 23.2 Å². The number of hydrogen-bond acceptors (Lipinski definition) is 6. The molecule has 0 bridgehead atoms. The highest BCUT2D eigenvalue weighted by Crippen LogP contribution is 2.38. The molecular formula is C21H17Cl2F3N4O3S. The molecule has 3 aromatic rings. The fourth-order valence-corrected chi connectivity index (χ4v) is 4.36. The summed E-state index contributed by atoms with van der Waals surface area (Å²) in [6.07, 6.45) is -3.68. The second-order valence-electron chi connectivity index (χ2n) is 7.31. The van der Waals surface area contributed by atoms with Crippen molar-refractivity contribution < 1.29 is 26.9 Å². The lowest BCUT2D eigenvalue weighted by atomic mass is 10.1. The van der Waals surface area contributed by atoms with Crippen molar-refractivity contribution in [3.8, 4) is 11.6 Å². The molecule has 1 atom stereocenters. The van der Waals surface area contributed by atoms with Crippen molar-refractivity contribution in [1.29, 1.82) is 4.78 Å². The fraction of sp³-hybridized carbons (Fsp3) is 0.190. The van der Waals surface area contributed by atoms with Gasteiger partial charge in [-0.2, -0.15) is 13.2 Å². The summed E-state index contributed by atoms with van der Waals surface area (Å²) in [6, 6.07) is 8.50. The molecule has 2 aromatic carbocycles. The van der Waals surface area contributed by atoms with Gasteiger partial charge in [-0.25, -0.2) is 8.99 Å². The zero-order valence-electron chi connectivity index (χ0n) is 17.9. The van der Waals surface area contributed by atoms with Crippen molar-refractivity contribution in [3.63, 3.8) is 0 Å². The second-order valence-corrected chi connectivity index (χ2v) is 10.3. The van der Waals surface area contributed by atoms with E-state index in [4.69, 9.17) is 32.7 Å². The van der Waals surface area contributed by atoms with Gasteiger partial charge in [-0.1, -0.05) is 29.3 Å². The predicted molar refractivity (Wildman–Crippen MR) is 122 cm³/mol. The molecule has 0 aliphatic carbocycles. The van der Waals surface area contributed by atoms with Gasteiger partial charge in [-0.05, 0) is 55.3 Å². The summed E-state index contributed by atoms with van der Waals surface area (Å²) in [5, 5.41) is 9.51. The van der Waals surface area contributed by atoms with Gasteiger partial charge in [0.05, 0.1) is 14.8 Å².